The summed E-state index contributed by atoms with van der Waals surface area (Å²) >= 11 is 0. The van der Waals surface area contributed by atoms with Crippen LogP contribution in [0.2, 0.25) is 0 Å². The highest BCUT2D eigenvalue weighted by Crippen LogP contribution is 2.37. The molecular weight excluding hydrogens is 345 g/mol. The number of para-hydroxylation sites is 1. The van der Waals surface area contributed by atoms with Crippen LogP contribution in [0.1, 0.15) is 17.5 Å². The van der Waals surface area contributed by atoms with Gasteiger partial charge in [0.15, 0.2) is 0 Å². The number of fused-ring (bicyclic) bond motifs is 1. The van der Waals surface area contributed by atoms with Gasteiger partial charge in [-0.3, -0.25) is 14.6 Å². The molecule has 0 unspecified atom stereocenters. The Labute approximate surface area is 155 Å². The monoisotopic (exact) mass is 363 g/mol. The van der Waals surface area contributed by atoms with E-state index in [1.807, 2.05) is 24.3 Å². The zero-order chi connectivity index (χ0) is 19.0. The Hall–Kier alpha value is -3.28. The maximum absolute atomic E-state index is 13.4. The van der Waals surface area contributed by atoms with Crippen LogP contribution < -0.4 is 10.5 Å². The summed E-state index contributed by atoms with van der Waals surface area (Å²) in [5.41, 5.74) is 4.31. The highest BCUT2D eigenvalue weighted by molar-refractivity contribution is 6.00. The minimum absolute atomic E-state index is 0.0883. The van der Waals surface area contributed by atoms with Crippen LogP contribution in [0.5, 0.6) is 0 Å². The first-order chi connectivity index (χ1) is 13.0. The molecule has 6 heteroatoms. The molecule has 0 N–H and O–H groups in total. The SMILES string of the molecule is CN1C(=O)CCc2cccc(-c3cncc(Cn4cc(F)ccc4=O)c3)c21. The Morgan fingerprint density at radius 1 is 1.11 bits per heavy atom. The second-order valence-corrected chi connectivity index (χ2v) is 6.66. The van der Waals surface area contributed by atoms with Crippen molar-refractivity contribution in [3.8, 4) is 11.1 Å². The van der Waals surface area contributed by atoms with Crippen molar-refractivity contribution in [2.75, 3.05) is 11.9 Å². The van der Waals surface area contributed by atoms with Crippen LogP contribution in [0.15, 0.2) is 59.8 Å². The van der Waals surface area contributed by atoms with Gasteiger partial charge in [0.1, 0.15) is 5.82 Å². The van der Waals surface area contributed by atoms with Crippen LogP contribution in [-0.2, 0) is 17.8 Å². The molecule has 0 bridgehead atoms. The molecule has 3 aromatic rings. The predicted octanol–water partition coefficient (Wildman–Crippen LogP) is 3.01. The lowest BCUT2D eigenvalue weighted by atomic mass is 9.94. The summed E-state index contributed by atoms with van der Waals surface area (Å²) in [5.74, 6) is -0.374. The van der Waals surface area contributed by atoms with Gasteiger partial charge >= 0.3 is 0 Å². The molecule has 1 aliphatic heterocycles. The van der Waals surface area contributed by atoms with Gasteiger partial charge in [0, 0.05) is 49.3 Å². The Kier molecular flexibility index (Phi) is 4.32. The standard InChI is InChI=1S/C21H18FN3O2/c1-24-19(26)7-5-15-3-2-4-18(21(15)24)16-9-14(10-23-11-16)12-25-13-17(22)6-8-20(25)27/h2-4,6,8-11,13H,5,7,12H2,1H3. The van der Waals surface area contributed by atoms with Crippen molar-refractivity contribution in [1.29, 1.82) is 0 Å². The van der Waals surface area contributed by atoms with Crippen LogP contribution in [0.3, 0.4) is 0 Å². The number of pyridine rings is 2. The summed E-state index contributed by atoms with van der Waals surface area (Å²) in [6.07, 6.45) is 5.81. The molecule has 0 fully saturated rings. The van der Waals surface area contributed by atoms with E-state index in [9.17, 15) is 14.0 Å². The molecule has 2 aromatic heterocycles. The third kappa shape index (κ3) is 3.26. The highest BCUT2D eigenvalue weighted by atomic mass is 19.1. The van der Waals surface area contributed by atoms with Gasteiger partial charge in [0.25, 0.3) is 5.56 Å². The number of aryl methyl sites for hydroxylation is 1. The average Bonchev–Trinajstić information content (AvgIpc) is 2.67. The van der Waals surface area contributed by atoms with Crippen LogP contribution in [0.4, 0.5) is 10.1 Å². The van der Waals surface area contributed by atoms with Crippen LogP contribution in [0, 0.1) is 5.82 Å². The summed E-state index contributed by atoms with van der Waals surface area (Å²) in [5, 5.41) is 0. The maximum atomic E-state index is 13.4. The maximum Gasteiger partial charge on any atom is 0.251 e. The smallest absolute Gasteiger partial charge is 0.251 e. The summed E-state index contributed by atoms with van der Waals surface area (Å²) < 4.78 is 14.8. The van der Waals surface area contributed by atoms with E-state index in [1.54, 1.807) is 24.3 Å². The molecule has 0 saturated carbocycles. The van der Waals surface area contributed by atoms with Crippen molar-refractivity contribution in [3.05, 3.63) is 82.3 Å². The number of carbonyl (C=O) groups excluding carboxylic acids is 1. The molecule has 0 aliphatic carbocycles. The molecule has 3 heterocycles. The Morgan fingerprint density at radius 3 is 2.81 bits per heavy atom. The lowest BCUT2D eigenvalue weighted by Crippen LogP contribution is -2.31. The lowest BCUT2D eigenvalue weighted by molar-refractivity contribution is -0.118. The third-order valence-electron chi connectivity index (χ3n) is 4.84. The van der Waals surface area contributed by atoms with E-state index in [2.05, 4.69) is 4.98 Å². The molecule has 27 heavy (non-hydrogen) atoms. The molecule has 0 atom stereocenters. The summed E-state index contributed by atoms with van der Waals surface area (Å²) in [7, 11) is 1.79. The normalized spacial score (nSPS) is 13.6. The van der Waals surface area contributed by atoms with Crippen molar-refractivity contribution in [2.24, 2.45) is 0 Å². The van der Waals surface area contributed by atoms with Gasteiger partial charge in [-0.1, -0.05) is 18.2 Å². The molecule has 0 radical (unpaired) electrons. The van der Waals surface area contributed by atoms with Gasteiger partial charge in [-0.2, -0.15) is 0 Å². The van der Waals surface area contributed by atoms with Crippen LogP contribution in [0.25, 0.3) is 11.1 Å². The number of halogens is 1. The lowest BCUT2D eigenvalue weighted by Gasteiger charge is -2.28. The molecule has 5 nitrogen and oxygen atoms in total. The largest absolute Gasteiger partial charge is 0.315 e. The first-order valence-electron chi connectivity index (χ1n) is 8.71. The number of aromatic nitrogens is 2. The fraction of sp³-hybridized carbons (Fsp3) is 0.190. The number of benzene rings is 1. The minimum atomic E-state index is -0.462. The van der Waals surface area contributed by atoms with Gasteiger partial charge < -0.3 is 9.47 Å². The third-order valence-corrected chi connectivity index (χ3v) is 4.84. The Morgan fingerprint density at radius 2 is 1.96 bits per heavy atom. The summed E-state index contributed by atoms with van der Waals surface area (Å²) in [4.78, 5) is 30.1. The number of amides is 1. The topological polar surface area (TPSA) is 55.2 Å². The van der Waals surface area contributed by atoms with Gasteiger partial charge in [0.2, 0.25) is 5.91 Å². The van der Waals surface area contributed by atoms with Crippen molar-refractivity contribution >= 4 is 11.6 Å². The van der Waals surface area contributed by atoms with Gasteiger partial charge in [0.05, 0.1) is 12.2 Å². The van der Waals surface area contributed by atoms with Gasteiger partial charge in [-0.25, -0.2) is 4.39 Å². The molecule has 0 spiro atoms. The molecule has 1 aliphatic rings. The predicted molar refractivity (Wildman–Crippen MR) is 101 cm³/mol. The molecule has 0 saturated heterocycles. The van der Waals surface area contributed by atoms with Crippen molar-refractivity contribution < 1.29 is 9.18 Å². The fourth-order valence-corrected chi connectivity index (χ4v) is 3.50. The summed E-state index contributed by atoms with van der Waals surface area (Å²) in [6, 6.07) is 10.3. The van der Waals surface area contributed by atoms with E-state index >= 15 is 0 Å². The van der Waals surface area contributed by atoms with E-state index in [4.69, 9.17) is 0 Å². The van der Waals surface area contributed by atoms with Crippen LogP contribution in [-0.4, -0.2) is 22.5 Å². The first kappa shape index (κ1) is 17.1. The molecular formula is C21H18FN3O2. The Bertz CT molecular complexity index is 1090. The Balaban J connectivity index is 1.75. The van der Waals surface area contributed by atoms with E-state index in [0.717, 1.165) is 40.4 Å². The van der Waals surface area contributed by atoms with Crippen molar-refractivity contribution in [3.63, 3.8) is 0 Å². The molecule has 136 valence electrons. The van der Waals surface area contributed by atoms with E-state index in [1.165, 1.54) is 16.8 Å². The highest BCUT2D eigenvalue weighted by Gasteiger charge is 2.24. The fourth-order valence-electron chi connectivity index (χ4n) is 3.50. The molecule has 4 rings (SSSR count). The molecule has 1 aromatic carbocycles. The number of hydrogen-bond donors (Lipinski definition) is 0. The van der Waals surface area contributed by atoms with E-state index in [-0.39, 0.29) is 18.0 Å². The number of rotatable bonds is 3. The van der Waals surface area contributed by atoms with Crippen molar-refractivity contribution in [2.45, 2.75) is 19.4 Å². The second kappa shape index (κ2) is 6.79. The number of anilines is 1. The van der Waals surface area contributed by atoms with Crippen LogP contribution >= 0.6 is 0 Å². The zero-order valence-corrected chi connectivity index (χ0v) is 14.9. The second-order valence-electron chi connectivity index (χ2n) is 6.66. The van der Waals surface area contributed by atoms with Gasteiger partial charge in [-0.15, -0.1) is 0 Å². The van der Waals surface area contributed by atoms with E-state index < -0.39 is 5.82 Å². The average molecular weight is 363 g/mol. The number of nitrogens with zero attached hydrogens (tertiary/aromatic N) is 3. The minimum Gasteiger partial charge on any atom is -0.315 e. The van der Waals surface area contributed by atoms with Gasteiger partial charge in [-0.05, 0) is 29.7 Å². The first-order valence-corrected chi connectivity index (χ1v) is 8.71. The zero-order valence-electron chi connectivity index (χ0n) is 14.9. The molecule has 1 amide bonds. The summed E-state index contributed by atoms with van der Waals surface area (Å²) in [6.45, 7) is 0.223. The number of carbonyl (C=O) groups is 1. The number of hydrogen-bond acceptors (Lipinski definition) is 3. The van der Waals surface area contributed by atoms with E-state index in [0.29, 0.717) is 6.42 Å². The quantitative estimate of drug-likeness (QED) is 0.719. The van der Waals surface area contributed by atoms with Crippen molar-refractivity contribution in [1.82, 2.24) is 9.55 Å².